The van der Waals surface area contributed by atoms with E-state index in [0.717, 1.165) is 46.0 Å². The molecule has 280 valence electrons. The zero-order valence-electron chi connectivity index (χ0n) is 32.1. The number of sulfonamides is 1. The molecule has 0 radical (unpaired) electrons. The lowest BCUT2D eigenvalue weighted by Crippen LogP contribution is -2.55. The fourth-order valence-electron chi connectivity index (χ4n) is 7.76. The van der Waals surface area contributed by atoms with Gasteiger partial charge in [0.15, 0.2) is 0 Å². The number of aliphatic hydroxyl groups excluding tert-OH is 1. The van der Waals surface area contributed by atoms with Gasteiger partial charge in [0.2, 0.25) is 14.2 Å². The van der Waals surface area contributed by atoms with E-state index in [9.17, 15) is 18.3 Å². The molecule has 1 aliphatic carbocycles. The number of halogens is 1. The lowest BCUT2D eigenvalue weighted by atomic mass is 9.61. The van der Waals surface area contributed by atoms with E-state index in [1.165, 1.54) is 5.57 Å². The average Bonchev–Trinajstić information content (AvgIpc) is 3.42. The van der Waals surface area contributed by atoms with Crippen LogP contribution in [0.25, 0.3) is 0 Å². The van der Waals surface area contributed by atoms with Crippen molar-refractivity contribution in [1.82, 2.24) is 4.31 Å². The number of ether oxygens (including phenoxy) is 1. The van der Waals surface area contributed by atoms with E-state index in [-0.39, 0.29) is 34.6 Å². The molecule has 10 heteroatoms. The summed E-state index contributed by atoms with van der Waals surface area (Å²) >= 11 is 5.90. The minimum atomic E-state index is -4.04. The summed E-state index contributed by atoms with van der Waals surface area (Å²) in [5, 5.41) is 11.5. The first kappa shape index (κ1) is 40.9. The van der Waals surface area contributed by atoms with Crippen molar-refractivity contribution in [3.63, 3.8) is 0 Å². The molecule has 0 bridgehead atoms. The highest BCUT2D eigenvalue weighted by molar-refractivity contribution is 7.89. The molecular formula is C40H62ClNO6SSi. The van der Waals surface area contributed by atoms with Crippen molar-refractivity contribution in [3.05, 3.63) is 64.5 Å². The number of benzene rings is 1. The molecule has 1 spiro atoms. The van der Waals surface area contributed by atoms with E-state index < -0.39 is 35.8 Å². The Bertz CT molecular complexity index is 1580. The first-order valence-electron chi connectivity index (χ1n) is 18.5. The van der Waals surface area contributed by atoms with Crippen LogP contribution < -0.4 is 0 Å². The number of rotatable bonds is 12. The van der Waals surface area contributed by atoms with Gasteiger partial charge in [0.05, 0.1) is 34.4 Å². The van der Waals surface area contributed by atoms with Crippen molar-refractivity contribution in [2.45, 2.75) is 148 Å². The second kappa shape index (κ2) is 16.0. The second-order valence-electron chi connectivity index (χ2n) is 16.7. The molecule has 0 aromatic heterocycles. The molecule has 1 amide bonds. The summed E-state index contributed by atoms with van der Waals surface area (Å²) in [6, 6.07) is 6.70. The van der Waals surface area contributed by atoms with Gasteiger partial charge in [-0.15, -0.1) is 11.6 Å². The Kier molecular flexibility index (Phi) is 13.1. The largest absolute Gasteiger partial charge is 0.547 e. The van der Waals surface area contributed by atoms with Crippen LogP contribution in [0.1, 0.15) is 105 Å². The minimum absolute atomic E-state index is 0.0102. The van der Waals surface area contributed by atoms with E-state index in [4.69, 9.17) is 20.8 Å². The Morgan fingerprint density at radius 2 is 1.84 bits per heavy atom. The third-order valence-electron chi connectivity index (χ3n) is 12.0. The molecule has 2 unspecified atom stereocenters. The van der Waals surface area contributed by atoms with E-state index in [1.807, 2.05) is 26.8 Å². The summed E-state index contributed by atoms with van der Waals surface area (Å²) < 4.78 is 42.4. The molecule has 2 aliphatic heterocycles. The number of alkyl halides is 1. The van der Waals surface area contributed by atoms with Gasteiger partial charge in [-0.3, -0.25) is 4.79 Å². The lowest BCUT2D eigenvalue weighted by Gasteiger charge is -2.49. The first-order chi connectivity index (χ1) is 23.2. The van der Waals surface area contributed by atoms with Crippen molar-refractivity contribution in [2.24, 2.45) is 17.3 Å². The fraction of sp³-hybridized carbons (Fsp3) is 0.675. The van der Waals surface area contributed by atoms with Crippen LogP contribution in [0.4, 0.5) is 0 Å². The third-order valence-corrected chi connectivity index (χ3v) is 18.3. The number of carbonyl (C=O) groups is 1. The van der Waals surface area contributed by atoms with Gasteiger partial charge in [0, 0.05) is 24.8 Å². The molecule has 1 aromatic rings. The highest BCUT2D eigenvalue weighted by Gasteiger charge is 2.55. The number of piperidine rings is 1. The predicted molar refractivity (Wildman–Crippen MR) is 206 cm³/mol. The van der Waals surface area contributed by atoms with Crippen LogP contribution >= 0.6 is 11.6 Å². The number of aliphatic hydroxyl groups is 1. The first-order valence-corrected chi connectivity index (χ1v) is 23.4. The fourth-order valence-corrected chi connectivity index (χ4v) is 10.6. The van der Waals surface area contributed by atoms with Crippen molar-refractivity contribution in [2.75, 3.05) is 12.4 Å². The summed E-state index contributed by atoms with van der Waals surface area (Å²) in [6.07, 6.45) is 8.86. The normalized spacial score (nSPS) is 28.1. The smallest absolute Gasteiger partial charge is 0.266 e. The molecule has 1 N–H and O–H groups in total. The Balaban J connectivity index is 1.65. The highest BCUT2D eigenvalue weighted by atomic mass is 35.5. The quantitative estimate of drug-likeness (QED) is 0.130. The van der Waals surface area contributed by atoms with E-state index >= 15 is 0 Å². The third kappa shape index (κ3) is 8.65. The van der Waals surface area contributed by atoms with E-state index in [2.05, 4.69) is 53.8 Å². The summed E-state index contributed by atoms with van der Waals surface area (Å²) in [5.74, 6) is 1.14. The summed E-state index contributed by atoms with van der Waals surface area (Å²) in [7, 11) is -6.24. The van der Waals surface area contributed by atoms with Crippen LogP contribution in [0, 0.1) is 24.2 Å². The number of aryl methyl sites for hydroxylation is 1. The summed E-state index contributed by atoms with van der Waals surface area (Å²) in [6.45, 7) is 21.5. The molecule has 7 nitrogen and oxygen atoms in total. The van der Waals surface area contributed by atoms with Crippen LogP contribution in [0.2, 0.25) is 18.1 Å². The van der Waals surface area contributed by atoms with Gasteiger partial charge in [-0.2, -0.15) is 0 Å². The van der Waals surface area contributed by atoms with E-state index in [1.54, 1.807) is 24.3 Å². The van der Waals surface area contributed by atoms with Crippen LogP contribution in [-0.2, 0) is 24.0 Å². The number of amides is 1. The van der Waals surface area contributed by atoms with Gasteiger partial charge in [-0.25, -0.2) is 12.7 Å². The van der Waals surface area contributed by atoms with Crippen molar-refractivity contribution >= 4 is 35.8 Å². The van der Waals surface area contributed by atoms with Crippen molar-refractivity contribution in [1.29, 1.82) is 0 Å². The molecule has 2 fully saturated rings. The van der Waals surface area contributed by atoms with Gasteiger partial charge in [-0.05, 0) is 126 Å². The standard InChI is InChI=1S/C40H62ClNO6SSi/c1-27-14-17-33(18-15-27)49(45,46)42-24-12-21-40(38(42)44)22-20-36(48-50(9,10)39(6,7)8)31(5)34(40)26-29(3)35(43)19-16-32-25-30(4)37(47-32)28(2)13-11-23-41/h13-15,17-18,26,30,32,34-35,37,43H,11-12,16,19-25H2,1-10H3/b28-13+,29-26+/t30-,32?,34+,35?,37+,40+/m1/s1. The monoisotopic (exact) mass is 747 g/mol. The number of hydrogen-bond acceptors (Lipinski definition) is 6. The number of hydrogen-bond donors (Lipinski definition) is 1. The Morgan fingerprint density at radius 1 is 1.18 bits per heavy atom. The topological polar surface area (TPSA) is 93.1 Å². The second-order valence-corrected chi connectivity index (χ2v) is 23.7. The molecular weight excluding hydrogens is 686 g/mol. The number of nitrogens with zero attached hydrogens (tertiary/aromatic N) is 1. The average molecular weight is 749 g/mol. The minimum Gasteiger partial charge on any atom is -0.547 e. The molecule has 1 aromatic carbocycles. The molecule has 0 saturated carbocycles. The maximum atomic E-state index is 14.7. The van der Waals surface area contributed by atoms with Crippen LogP contribution in [0.3, 0.4) is 0 Å². The van der Waals surface area contributed by atoms with Gasteiger partial charge in [0.1, 0.15) is 0 Å². The molecule has 4 rings (SSSR count). The highest BCUT2D eigenvalue weighted by Crippen LogP contribution is 2.53. The predicted octanol–water partition coefficient (Wildman–Crippen LogP) is 9.45. The van der Waals surface area contributed by atoms with Crippen LogP contribution in [0.5, 0.6) is 0 Å². The Labute approximate surface area is 308 Å². The zero-order chi connectivity index (χ0) is 37.2. The maximum absolute atomic E-state index is 14.7. The molecule has 3 aliphatic rings. The van der Waals surface area contributed by atoms with Crippen molar-refractivity contribution < 1.29 is 27.5 Å². The van der Waals surface area contributed by atoms with Crippen LogP contribution in [-0.4, -0.2) is 62.8 Å². The lowest BCUT2D eigenvalue weighted by molar-refractivity contribution is -0.143. The van der Waals surface area contributed by atoms with E-state index in [0.29, 0.717) is 43.9 Å². The molecule has 6 atom stereocenters. The Morgan fingerprint density at radius 3 is 2.46 bits per heavy atom. The van der Waals surface area contributed by atoms with Crippen LogP contribution in [0.15, 0.2) is 63.8 Å². The Hall–Kier alpha value is -1.91. The SMILES string of the molecule is CC1=C(O[Si](C)(C)C(C)(C)C)CC[C@@]2(CCCN(S(=O)(=O)c3ccc(C)cc3)C2=O)[C@H]1/C=C(\C)C(O)CCC1C[C@@H](C)[C@H](/C(C)=C/CCCl)O1. The summed E-state index contributed by atoms with van der Waals surface area (Å²) in [5.41, 5.74) is 2.97. The zero-order valence-corrected chi connectivity index (χ0v) is 34.7. The molecule has 2 heterocycles. The number of carbonyl (C=O) groups excluding carboxylic acids is 1. The van der Waals surface area contributed by atoms with Gasteiger partial charge in [-0.1, -0.05) is 57.5 Å². The summed E-state index contributed by atoms with van der Waals surface area (Å²) in [4.78, 5) is 14.8. The van der Waals surface area contributed by atoms with Gasteiger partial charge in [0.25, 0.3) is 10.0 Å². The van der Waals surface area contributed by atoms with Crippen molar-refractivity contribution in [3.8, 4) is 0 Å². The molecule has 2 saturated heterocycles. The van der Waals surface area contributed by atoms with Gasteiger partial charge < -0.3 is 14.3 Å². The number of allylic oxidation sites excluding steroid dienone is 4. The maximum Gasteiger partial charge on any atom is 0.266 e. The van der Waals surface area contributed by atoms with Gasteiger partial charge >= 0.3 is 0 Å². The molecule has 50 heavy (non-hydrogen) atoms.